The van der Waals surface area contributed by atoms with Crippen molar-refractivity contribution in [3.8, 4) is 0 Å². The number of ketones is 1. The molecule has 4 nitrogen and oxygen atoms in total. The third kappa shape index (κ3) is 4.24. The Balaban J connectivity index is 1.82. The molecule has 2 N–H and O–H groups in total. The van der Waals surface area contributed by atoms with Crippen LogP contribution in [0.3, 0.4) is 0 Å². The number of hydrogen-bond acceptors (Lipinski definition) is 5. The minimum Gasteiger partial charge on any atom is -0.396 e. The first-order valence-corrected chi connectivity index (χ1v) is 8.81. The fraction of sp³-hybridized carbons (Fsp3) is 0.263. The van der Waals surface area contributed by atoms with Crippen LogP contribution in [-0.2, 0) is 11.3 Å². The number of allylic oxidation sites excluding steroid dienone is 2. The second-order valence-electron chi connectivity index (χ2n) is 5.81. The molecule has 124 valence electrons. The number of aliphatic hydroxyl groups excluding tert-OH is 1. The summed E-state index contributed by atoms with van der Waals surface area (Å²) in [6.07, 6.45) is 4.62. The van der Waals surface area contributed by atoms with E-state index in [0.717, 1.165) is 21.1 Å². The highest BCUT2D eigenvalue weighted by Gasteiger charge is 2.27. The minimum atomic E-state index is -0.00226. The van der Waals surface area contributed by atoms with Crippen LogP contribution in [-0.4, -0.2) is 22.5 Å². The topological polar surface area (TPSA) is 62.2 Å². The number of thioether (sulfide) groups is 1. The molecule has 1 aliphatic carbocycles. The van der Waals surface area contributed by atoms with E-state index in [1.807, 2.05) is 42.5 Å². The van der Waals surface area contributed by atoms with Gasteiger partial charge in [-0.25, -0.2) is 0 Å². The SMILES string of the molecule is O=C1CC(CO)CC(NCc2ccncc2)=C1Sc1ccccc1. The Morgan fingerprint density at radius 1 is 1.12 bits per heavy atom. The minimum absolute atomic E-state index is 0.00226. The number of benzene rings is 1. The third-order valence-electron chi connectivity index (χ3n) is 3.97. The van der Waals surface area contributed by atoms with E-state index < -0.39 is 0 Å². The zero-order chi connectivity index (χ0) is 16.8. The normalized spacial score (nSPS) is 17.9. The molecule has 0 amide bonds. The summed E-state index contributed by atoms with van der Waals surface area (Å²) in [6.45, 7) is 0.678. The predicted octanol–water partition coefficient (Wildman–Crippen LogP) is 3.15. The Labute approximate surface area is 146 Å². The number of carbonyl (C=O) groups excluding carboxylic acids is 1. The molecule has 1 aliphatic rings. The Hall–Kier alpha value is -2.11. The Morgan fingerprint density at radius 3 is 2.58 bits per heavy atom. The predicted molar refractivity (Wildman–Crippen MR) is 95.2 cm³/mol. The van der Waals surface area contributed by atoms with E-state index in [2.05, 4.69) is 10.3 Å². The molecule has 1 unspecified atom stereocenters. The van der Waals surface area contributed by atoms with Gasteiger partial charge in [0.25, 0.3) is 0 Å². The van der Waals surface area contributed by atoms with Gasteiger partial charge in [-0.3, -0.25) is 9.78 Å². The number of hydrogen-bond donors (Lipinski definition) is 2. The van der Waals surface area contributed by atoms with Crippen LogP contribution in [0.2, 0.25) is 0 Å². The second-order valence-corrected chi connectivity index (χ2v) is 6.90. The zero-order valence-electron chi connectivity index (χ0n) is 13.3. The average molecular weight is 340 g/mol. The monoisotopic (exact) mass is 340 g/mol. The molecular formula is C19H20N2O2S. The van der Waals surface area contributed by atoms with Gasteiger partial charge in [0.15, 0.2) is 5.78 Å². The fourth-order valence-electron chi connectivity index (χ4n) is 2.69. The van der Waals surface area contributed by atoms with Gasteiger partial charge in [0, 0.05) is 42.6 Å². The van der Waals surface area contributed by atoms with E-state index in [1.165, 1.54) is 11.8 Å². The largest absolute Gasteiger partial charge is 0.396 e. The average Bonchev–Trinajstić information content (AvgIpc) is 2.63. The molecule has 1 heterocycles. The lowest BCUT2D eigenvalue weighted by molar-refractivity contribution is -0.116. The van der Waals surface area contributed by atoms with Crippen molar-refractivity contribution in [2.24, 2.45) is 5.92 Å². The Bertz CT molecular complexity index is 717. The summed E-state index contributed by atoms with van der Waals surface area (Å²) in [5.74, 6) is 0.101. The number of Topliss-reactive ketones (excluding diaryl/α,β-unsaturated/α-hetero) is 1. The number of nitrogens with zero attached hydrogens (tertiary/aromatic N) is 1. The van der Waals surface area contributed by atoms with Gasteiger partial charge in [0.1, 0.15) is 0 Å². The van der Waals surface area contributed by atoms with Gasteiger partial charge in [-0.1, -0.05) is 30.0 Å². The standard InChI is InChI=1S/C19H20N2O2S/c22-13-15-10-17(21-12-14-6-8-20-9-7-14)19(18(23)11-15)24-16-4-2-1-3-5-16/h1-9,15,21-22H,10-13H2. The highest BCUT2D eigenvalue weighted by Crippen LogP contribution is 2.36. The molecule has 0 radical (unpaired) electrons. The maximum Gasteiger partial charge on any atom is 0.171 e. The lowest BCUT2D eigenvalue weighted by Crippen LogP contribution is -2.27. The molecule has 0 saturated heterocycles. The van der Waals surface area contributed by atoms with Crippen LogP contribution in [0.15, 0.2) is 70.4 Å². The maximum absolute atomic E-state index is 12.5. The van der Waals surface area contributed by atoms with E-state index in [1.54, 1.807) is 12.4 Å². The number of nitrogens with one attached hydrogen (secondary N) is 1. The van der Waals surface area contributed by atoms with E-state index in [4.69, 9.17) is 0 Å². The summed E-state index contributed by atoms with van der Waals surface area (Å²) in [5, 5.41) is 12.9. The molecule has 2 aromatic rings. The molecule has 0 fully saturated rings. The molecule has 5 heteroatoms. The first-order valence-electron chi connectivity index (χ1n) is 7.99. The lowest BCUT2D eigenvalue weighted by Gasteiger charge is -2.25. The number of aliphatic hydroxyl groups is 1. The van der Waals surface area contributed by atoms with Gasteiger partial charge in [-0.05, 0) is 42.2 Å². The van der Waals surface area contributed by atoms with Crippen molar-refractivity contribution in [1.29, 1.82) is 0 Å². The smallest absolute Gasteiger partial charge is 0.171 e. The van der Waals surface area contributed by atoms with Crippen LogP contribution in [0.5, 0.6) is 0 Å². The molecule has 0 spiro atoms. The molecule has 1 atom stereocenters. The third-order valence-corrected chi connectivity index (χ3v) is 5.16. The van der Waals surface area contributed by atoms with E-state index >= 15 is 0 Å². The van der Waals surface area contributed by atoms with Crippen molar-refractivity contribution in [1.82, 2.24) is 10.3 Å². The van der Waals surface area contributed by atoms with Gasteiger partial charge in [-0.2, -0.15) is 0 Å². The van der Waals surface area contributed by atoms with Crippen molar-refractivity contribution in [2.45, 2.75) is 24.3 Å². The molecular weight excluding hydrogens is 320 g/mol. The van der Waals surface area contributed by atoms with Gasteiger partial charge in [0.05, 0.1) is 4.91 Å². The van der Waals surface area contributed by atoms with Crippen LogP contribution < -0.4 is 5.32 Å². The number of rotatable bonds is 6. The van der Waals surface area contributed by atoms with Crippen molar-refractivity contribution in [2.75, 3.05) is 6.61 Å². The quantitative estimate of drug-likeness (QED) is 0.846. The molecule has 0 saturated carbocycles. The summed E-state index contributed by atoms with van der Waals surface area (Å²) in [6, 6.07) is 13.8. The lowest BCUT2D eigenvalue weighted by atomic mass is 9.91. The Kier molecular flexibility index (Phi) is 5.67. The highest BCUT2D eigenvalue weighted by molar-refractivity contribution is 8.04. The van der Waals surface area contributed by atoms with Gasteiger partial charge >= 0.3 is 0 Å². The summed E-state index contributed by atoms with van der Waals surface area (Å²) < 4.78 is 0. The zero-order valence-corrected chi connectivity index (χ0v) is 14.1. The van der Waals surface area contributed by atoms with Crippen molar-refractivity contribution >= 4 is 17.5 Å². The fourth-order valence-corrected chi connectivity index (χ4v) is 3.70. The molecule has 1 aromatic heterocycles. The van der Waals surface area contributed by atoms with Gasteiger partial charge in [-0.15, -0.1) is 0 Å². The molecule has 0 bridgehead atoms. The van der Waals surface area contributed by atoms with Crippen molar-refractivity contribution < 1.29 is 9.90 Å². The van der Waals surface area contributed by atoms with E-state index in [0.29, 0.717) is 19.4 Å². The van der Waals surface area contributed by atoms with Crippen LogP contribution in [0.25, 0.3) is 0 Å². The summed E-state index contributed by atoms with van der Waals surface area (Å²) in [4.78, 5) is 18.4. The van der Waals surface area contributed by atoms with Gasteiger partial charge < -0.3 is 10.4 Å². The number of pyridine rings is 1. The second kappa shape index (κ2) is 8.13. The first-order chi connectivity index (χ1) is 11.8. The van der Waals surface area contributed by atoms with Crippen LogP contribution in [0, 0.1) is 5.92 Å². The van der Waals surface area contributed by atoms with Crippen LogP contribution in [0.4, 0.5) is 0 Å². The first kappa shape index (κ1) is 16.7. The molecule has 3 rings (SSSR count). The van der Waals surface area contributed by atoms with Crippen molar-refractivity contribution in [3.05, 3.63) is 71.0 Å². The summed E-state index contributed by atoms with van der Waals surface area (Å²) in [7, 11) is 0. The van der Waals surface area contributed by atoms with Crippen LogP contribution >= 0.6 is 11.8 Å². The van der Waals surface area contributed by atoms with Gasteiger partial charge in [0.2, 0.25) is 0 Å². The molecule has 24 heavy (non-hydrogen) atoms. The highest BCUT2D eigenvalue weighted by atomic mass is 32.2. The molecule has 0 aliphatic heterocycles. The maximum atomic E-state index is 12.5. The van der Waals surface area contributed by atoms with Crippen LogP contribution in [0.1, 0.15) is 18.4 Å². The molecule has 1 aromatic carbocycles. The van der Waals surface area contributed by atoms with E-state index in [9.17, 15) is 9.90 Å². The number of carbonyl (C=O) groups is 1. The summed E-state index contributed by atoms with van der Waals surface area (Å²) in [5.41, 5.74) is 2.04. The number of aromatic nitrogens is 1. The van der Waals surface area contributed by atoms with Crippen molar-refractivity contribution in [3.63, 3.8) is 0 Å². The van der Waals surface area contributed by atoms with E-state index in [-0.39, 0.29) is 18.3 Å². The Morgan fingerprint density at radius 2 is 1.88 bits per heavy atom. The summed E-state index contributed by atoms with van der Waals surface area (Å²) >= 11 is 1.50.